The predicted molar refractivity (Wildman–Crippen MR) is 141 cm³/mol. The normalized spacial score (nSPS) is 20.0. The van der Waals surface area contributed by atoms with Gasteiger partial charge in [-0.05, 0) is 38.3 Å². The Kier molecular flexibility index (Phi) is 5.78. The molecule has 0 aliphatic carbocycles. The number of aromatic nitrogens is 6. The number of hydrogen-bond acceptors (Lipinski definition) is 8. The van der Waals surface area contributed by atoms with Gasteiger partial charge in [-0.3, -0.25) is 9.67 Å². The molecule has 1 aromatic carbocycles. The molecule has 1 fully saturated rings. The fraction of sp³-hybridized carbons (Fsp3) is 0.375. The molecule has 1 atom stereocenters. The lowest BCUT2D eigenvalue weighted by Gasteiger charge is -2.36. The molecule has 2 aliphatic rings. The lowest BCUT2D eigenvalue weighted by atomic mass is 10.0. The maximum atomic E-state index is 12.7. The molecule has 13 heteroatoms. The van der Waals surface area contributed by atoms with Crippen molar-refractivity contribution in [3.8, 4) is 11.4 Å². The standard InChI is InChI=1S/C24H28N10O2S/c1-3-33-14-16(12-28-33)21-30-20-22(32(21)2)26-15-27-23(20)34-11-7-6-8-17(34)13-25-24-29-18-9-4-5-10-19(18)37(35,36)31-24/h4-5,9-10,12,14-15,17H,3,6-8,11,13H2,1-2H3,(H2,25,29,31). The van der Waals surface area contributed by atoms with Crippen LogP contribution >= 0.6 is 0 Å². The first kappa shape index (κ1) is 23.4. The number of aryl methyl sites for hydroxylation is 2. The molecule has 1 saturated heterocycles. The smallest absolute Gasteiger partial charge is 0.266 e. The van der Waals surface area contributed by atoms with Crippen LogP contribution < -0.4 is 14.9 Å². The van der Waals surface area contributed by atoms with Crippen LogP contribution in [0.1, 0.15) is 26.2 Å². The molecule has 0 spiro atoms. The summed E-state index contributed by atoms with van der Waals surface area (Å²) in [6.07, 6.45) is 8.36. The van der Waals surface area contributed by atoms with Crippen LogP contribution in [0.3, 0.4) is 0 Å². The zero-order valence-corrected chi connectivity index (χ0v) is 21.5. The lowest BCUT2D eigenvalue weighted by molar-refractivity contribution is 0.463. The highest BCUT2D eigenvalue weighted by atomic mass is 32.2. The van der Waals surface area contributed by atoms with Crippen LogP contribution in [0.5, 0.6) is 0 Å². The number of sulfonamides is 1. The van der Waals surface area contributed by atoms with Crippen LogP contribution in [0.2, 0.25) is 0 Å². The number of piperidine rings is 1. The zero-order valence-electron chi connectivity index (χ0n) is 20.7. The summed E-state index contributed by atoms with van der Waals surface area (Å²) in [6.45, 7) is 4.04. The predicted octanol–water partition coefficient (Wildman–Crippen LogP) is 2.37. The second-order valence-electron chi connectivity index (χ2n) is 9.21. The number of guanidine groups is 1. The minimum Gasteiger partial charge on any atom is -0.350 e. The van der Waals surface area contributed by atoms with Gasteiger partial charge in [-0.25, -0.2) is 28.1 Å². The van der Waals surface area contributed by atoms with Crippen molar-refractivity contribution in [3.63, 3.8) is 0 Å². The van der Waals surface area contributed by atoms with Crippen LogP contribution in [0, 0.1) is 0 Å². The Hall–Kier alpha value is -4.00. The maximum Gasteiger partial charge on any atom is 0.266 e. The summed E-state index contributed by atoms with van der Waals surface area (Å²) in [6, 6.07) is 6.83. The number of benzene rings is 1. The number of nitrogens with one attached hydrogen (secondary N) is 2. The molecular formula is C24H28N10O2S. The molecule has 192 valence electrons. The highest BCUT2D eigenvalue weighted by molar-refractivity contribution is 7.90. The topological polar surface area (TPSA) is 135 Å². The van der Waals surface area contributed by atoms with E-state index < -0.39 is 10.0 Å². The van der Waals surface area contributed by atoms with Crippen LogP contribution in [-0.2, 0) is 23.6 Å². The van der Waals surface area contributed by atoms with Gasteiger partial charge < -0.3 is 14.8 Å². The maximum absolute atomic E-state index is 12.7. The van der Waals surface area contributed by atoms with Gasteiger partial charge in [-0.2, -0.15) is 5.10 Å². The molecule has 3 aromatic heterocycles. The average Bonchev–Trinajstić information content (AvgIpc) is 3.52. The van der Waals surface area contributed by atoms with E-state index in [9.17, 15) is 8.42 Å². The number of fused-ring (bicyclic) bond motifs is 2. The van der Waals surface area contributed by atoms with Gasteiger partial charge in [0.05, 0.1) is 30.0 Å². The van der Waals surface area contributed by atoms with Gasteiger partial charge in [0.15, 0.2) is 17.0 Å². The van der Waals surface area contributed by atoms with E-state index in [2.05, 4.69) is 35.0 Å². The first-order chi connectivity index (χ1) is 17.9. The summed E-state index contributed by atoms with van der Waals surface area (Å²) in [4.78, 5) is 21.2. The molecule has 2 N–H and O–H groups in total. The van der Waals surface area contributed by atoms with Gasteiger partial charge in [-0.15, -0.1) is 0 Å². The molecule has 0 amide bonds. The van der Waals surface area contributed by atoms with Gasteiger partial charge in [0.25, 0.3) is 10.0 Å². The first-order valence-electron chi connectivity index (χ1n) is 12.3. The summed E-state index contributed by atoms with van der Waals surface area (Å²) in [5.74, 6) is 1.78. The molecule has 1 unspecified atom stereocenters. The Morgan fingerprint density at radius 1 is 1.19 bits per heavy atom. The van der Waals surface area contributed by atoms with Crippen molar-refractivity contribution in [2.24, 2.45) is 12.0 Å². The summed E-state index contributed by atoms with van der Waals surface area (Å²) in [5.41, 5.74) is 2.92. The van der Waals surface area contributed by atoms with E-state index in [1.807, 2.05) is 35.6 Å². The quantitative estimate of drug-likeness (QED) is 0.409. The van der Waals surface area contributed by atoms with Crippen molar-refractivity contribution in [2.45, 2.75) is 43.7 Å². The number of imidazole rings is 1. The van der Waals surface area contributed by atoms with Crippen molar-refractivity contribution in [3.05, 3.63) is 43.0 Å². The SMILES string of the molecule is CCn1cc(-c2nc3c(N4CCCCC4CN=C4Nc5ccccc5S(=O)(=O)N4)ncnc3n2C)cn1. The largest absolute Gasteiger partial charge is 0.350 e. The van der Waals surface area contributed by atoms with Crippen molar-refractivity contribution >= 4 is 38.7 Å². The second-order valence-corrected chi connectivity index (χ2v) is 10.9. The number of para-hydroxylation sites is 1. The first-order valence-corrected chi connectivity index (χ1v) is 13.8. The van der Waals surface area contributed by atoms with Crippen molar-refractivity contribution in [1.82, 2.24) is 34.0 Å². The highest BCUT2D eigenvalue weighted by Crippen LogP contribution is 2.31. The average molecular weight is 521 g/mol. The Bertz CT molecular complexity index is 1610. The van der Waals surface area contributed by atoms with E-state index in [0.717, 1.165) is 60.7 Å². The van der Waals surface area contributed by atoms with Crippen LogP contribution in [0.15, 0.2) is 52.9 Å². The van der Waals surface area contributed by atoms with Crippen LogP contribution in [0.25, 0.3) is 22.6 Å². The number of rotatable bonds is 5. The monoisotopic (exact) mass is 520 g/mol. The molecule has 0 saturated carbocycles. The molecular weight excluding hydrogens is 492 g/mol. The van der Waals surface area contributed by atoms with Gasteiger partial charge in [0.1, 0.15) is 17.0 Å². The van der Waals surface area contributed by atoms with E-state index in [1.54, 1.807) is 30.6 Å². The van der Waals surface area contributed by atoms with Crippen molar-refractivity contribution in [2.75, 3.05) is 23.3 Å². The third-order valence-electron chi connectivity index (χ3n) is 6.87. The molecule has 4 aromatic rings. The van der Waals surface area contributed by atoms with Gasteiger partial charge >= 0.3 is 0 Å². The second kappa shape index (κ2) is 9.14. The molecule has 0 radical (unpaired) electrons. The third-order valence-corrected chi connectivity index (χ3v) is 8.27. The van der Waals surface area contributed by atoms with E-state index >= 15 is 0 Å². The fourth-order valence-corrected chi connectivity index (χ4v) is 6.13. The van der Waals surface area contributed by atoms with E-state index in [-0.39, 0.29) is 16.9 Å². The molecule has 12 nitrogen and oxygen atoms in total. The number of aliphatic imine (C=N–C) groups is 1. The van der Waals surface area contributed by atoms with Crippen molar-refractivity contribution in [1.29, 1.82) is 0 Å². The number of anilines is 2. The van der Waals surface area contributed by atoms with E-state index in [0.29, 0.717) is 12.2 Å². The summed E-state index contributed by atoms with van der Waals surface area (Å²) in [5, 5.41) is 7.49. The van der Waals surface area contributed by atoms with E-state index in [4.69, 9.17) is 4.98 Å². The van der Waals surface area contributed by atoms with Crippen molar-refractivity contribution < 1.29 is 8.42 Å². The molecule has 5 heterocycles. The zero-order chi connectivity index (χ0) is 25.6. The van der Waals surface area contributed by atoms with Crippen LogP contribution in [0.4, 0.5) is 11.5 Å². The van der Waals surface area contributed by atoms with Gasteiger partial charge in [0.2, 0.25) is 5.96 Å². The van der Waals surface area contributed by atoms with Crippen LogP contribution in [-0.4, -0.2) is 62.8 Å². The molecule has 2 aliphatic heterocycles. The minimum absolute atomic E-state index is 0.0381. The Balaban J connectivity index is 1.31. The molecule has 0 bridgehead atoms. The van der Waals surface area contributed by atoms with Gasteiger partial charge in [0, 0.05) is 26.3 Å². The van der Waals surface area contributed by atoms with Gasteiger partial charge in [-0.1, -0.05) is 12.1 Å². The Morgan fingerprint density at radius 3 is 2.89 bits per heavy atom. The minimum atomic E-state index is -3.66. The Morgan fingerprint density at radius 2 is 2.05 bits per heavy atom. The van der Waals surface area contributed by atoms with E-state index in [1.165, 1.54) is 0 Å². The number of nitrogens with zero attached hydrogens (tertiary/aromatic N) is 8. The third kappa shape index (κ3) is 4.18. The highest BCUT2D eigenvalue weighted by Gasteiger charge is 2.29. The molecule has 6 rings (SSSR count). The summed E-state index contributed by atoms with van der Waals surface area (Å²) in [7, 11) is -1.72. The summed E-state index contributed by atoms with van der Waals surface area (Å²) < 4.78 is 31.7. The number of hydrogen-bond donors (Lipinski definition) is 2. The molecule has 37 heavy (non-hydrogen) atoms. The Labute approximate surface area is 214 Å². The summed E-state index contributed by atoms with van der Waals surface area (Å²) >= 11 is 0. The lowest BCUT2D eigenvalue weighted by Crippen LogP contribution is -2.44. The fourth-order valence-electron chi connectivity index (χ4n) is 4.98.